The van der Waals surface area contributed by atoms with Crippen molar-refractivity contribution < 1.29 is 14.3 Å². The van der Waals surface area contributed by atoms with Gasteiger partial charge in [0.1, 0.15) is 12.1 Å². The molecule has 1 saturated heterocycles. The van der Waals surface area contributed by atoms with Crippen molar-refractivity contribution in [2.24, 2.45) is 11.8 Å². The van der Waals surface area contributed by atoms with Crippen LogP contribution >= 0.6 is 0 Å². The minimum atomic E-state index is -0.615. The molecule has 2 aliphatic rings. The van der Waals surface area contributed by atoms with E-state index in [0.29, 0.717) is 37.7 Å². The highest BCUT2D eigenvalue weighted by Crippen LogP contribution is 2.35. The highest BCUT2D eigenvalue weighted by atomic mass is 16.5. The van der Waals surface area contributed by atoms with E-state index in [1.165, 1.54) is 0 Å². The summed E-state index contributed by atoms with van der Waals surface area (Å²) < 4.78 is 5.83. The number of benzene rings is 2. The Hall–Kier alpha value is -3.17. The van der Waals surface area contributed by atoms with Gasteiger partial charge in [-0.15, -0.1) is 0 Å². The van der Waals surface area contributed by atoms with Crippen molar-refractivity contribution in [3.63, 3.8) is 0 Å². The summed E-state index contributed by atoms with van der Waals surface area (Å²) in [4.78, 5) is 24.8. The van der Waals surface area contributed by atoms with E-state index in [0.717, 1.165) is 40.8 Å². The SMILES string of the molecule is CC1CC(=O)Nc2cc(-c3ccc(CC(C#N)NC(=O)[C@@H]4CC(C)C(C)CCCO4)cc3)ccc21. The number of carbonyl (C=O) groups is 2. The molecular formula is C29H35N3O3. The van der Waals surface area contributed by atoms with Crippen molar-refractivity contribution in [3.05, 3.63) is 53.6 Å². The molecule has 0 bridgehead atoms. The standard InChI is InChI=1S/C29H35N3O3/c1-18-5-4-12-35-27(13-19(18)2)29(34)31-24(17-30)15-21-6-8-22(9-7-21)23-10-11-25-20(3)14-28(33)32-26(25)16-23/h6-11,16,18-20,24,27H,4-5,12-15H2,1-3H3,(H,31,34)(H,32,33)/t18?,19?,20?,24?,27-/m0/s1. The lowest BCUT2D eigenvalue weighted by Gasteiger charge is -2.28. The highest BCUT2D eigenvalue weighted by Gasteiger charge is 2.28. The lowest BCUT2D eigenvalue weighted by Crippen LogP contribution is -2.44. The second-order valence-electron chi connectivity index (χ2n) is 10.2. The van der Waals surface area contributed by atoms with Gasteiger partial charge < -0.3 is 15.4 Å². The molecule has 184 valence electrons. The van der Waals surface area contributed by atoms with Gasteiger partial charge >= 0.3 is 0 Å². The van der Waals surface area contributed by atoms with Crippen LogP contribution in [0.5, 0.6) is 0 Å². The molecule has 1 fully saturated rings. The Kier molecular flexibility index (Phi) is 7.87. The summed E-state index contributed by atoms with van der Waals surface area (Å²) in [7, 11) is 0. The van der Waals surface area contributed by atoms with E-state index in [4.69, 9.17) is 4.74 Å². The number of rotatable bonds is 5. The van der Waals surface area contributed by atoms with Crippen LogP contribution in [0, 0.1) is 23.2 Å². The lowest BCUT2D eigenvalue weighted by atomic mass is 9.86. The van der Waals surface area contributed by atoms with Crippen LogP contribution in [0.4, 0.5) is 5.69 Å². The summed E-state index contributed by atoms with van der Waals surface area (Å²) >= 11 is 0. The molecule has 6 heteroatoms. The van der Waals surface area contributed by atoms with Gasteiger partial charge in [-0.2, -0.15) is 5.26 Å². The third-order valence-corrected chi connectivity index (χ3v) is 7.52. The van der Waals surface area contributed by atoms with Crippen LogP contribution < -0.4 is 10.6 Å². The van der Waals surface area contributed by atoms with Gasteiger partial charge in [0.25, 0.3) is 0 Å². The number of hydrogen-bond acceptors (Lipinski definition) is 4. The molecule has 2 N–H and O–H groups in total. The first-order valence-corrected chi connectivity index (χ1v) is 12.7. The minimum Gasteiger partial charge on any atom is -0.368 e. The zero-order valence-electron chi connectivity index (χ0n) is 20.8. The van der Waals surface area contributed by atoms with Crippen LogP contribution in [0.1, 0.15) is 63.5 Å². The van der Waals surface area contributed by atoms with Crippen molar-refractivity contribution in [1.29, 1.82) is 5.26 Å². The predicted octanol–water partition coefficient (Wildman–Crippen LogP) is 5.19. The fraction of sp³-hybridized carbons (Fsp3) is 0.483. The first kappa shape index (κ1) is 24.9. The molecule has 0 aromatic heterocycles. The Morgan fingerprint density at radius 1 is 1.14 bits per heavy atom. The Bertz CT molecular complexity index is 1110. The first-order valence-electron chi connectivity index (χ1n) is 12.7. The fourth-order valence-corrected chi connectivity index (χ4v) is 5.06. The second-order valence-corrected chi connectivity index (χ2v) is 10.2. The number of anilines is 1. The molecule has 6 nitrogen and oxygen atoms in total. The van der Waals surface area contributed by atoms with Gasteiger partial charge in [-0.3, -0.25) is 9.59 Å². The molecule has 2 aliphatic heterocycles. The van der Waals surface area contributed by atoms with Crippen LogP contribution in [-0.2, 0) is 20.7 Å². The smallest absolute Gasteiger partial charge is 0.250 e. The van der Waals surface area contributed by atoms with E-state index in [-0.39, 0.29) is 17.7 Å². The second kappa shape index (κ2) is 11.0. The lowest BCUT2D eigenvalue weighted by molar-refractivity contribution is -0.135. The Morgan fingerprint density at radius 3 is 2.63 bits per heavy atom. The predicted molar refractivity (Wildman–Crippen MR) is 137 cm³/mol. The average molecular weight is 474 g/mol. The van der Waals surface area contributed by atoms with Crippen LogP contribution in [0.15, 0.2) is 42.5 Å². The average Bonchev–Trinajstić information content (AvgIpc) is 2.84. The number of amides is 2. The molecule has 2 aromatic rings. The van der Waals surface area contributed by atoms with E-state index in [1.54, 1.807) is 0 Å². The zero-order chi connectivity index (χ0) is 24.9. The van der Waals surface area contributed by atoms with Crippen molar-refractivity contribution in [3.8, 4) is 17.2 Å². The summed E-state index contributed by atoms with van der Waals surface area (Å²) in [6.07, 6.45) is 3.20. The van der Waals surface area contributed by atoms with Crippen molar-refractivity contribution in [2.75, 3.05) is 11.9 Å². The van der Waals surface area contributed by atoms with Gasteiger partial charge in [-0.1, -0.05) is 57.2 Å². The van der Waals surface area contributed by atoms with E-state index in [9.17, 15) is 14.9 Å². The number of carbonyl (C=O) groups excluding carboxylic acids is 2. The van der Waals surface area contributed by atoms with E-state index in [2.05, 4.69) is 49.6 Å². The van der Waals surface area contributed by atoms with Crippen LogP contribution in [0.2, 0.25) is 0 Å². The maximum Gasteiger partial charge on any atom is 0.250 e. The quantitative estimate of drug-likeness (QED) is 0.625. The molecular weight excluding hydrogens is 438 g/mol. The minimum absolute atomic E-state index is 0.0517. The molecule has 2 aromatic carbocycles. The summed E-state index contributed by atoms with van der Waals surface area (Å²) in [5, 5.41) is 15.5. The summed E-state index contributed by atoms with van der Waals surface area (Å²) in [6, 6.07) is 15.8. The third kappa shape index (κ3) is 6.10. The number of nitrogens with zero attached hydrogens (tertiary/aromatic N) is 1. The first-order chi connectivity index (χ1) is 16.8. The normalized spacial score (nSPS) is 25.3. The third-order valence-electron chi connectivity index (χ3n) is 7.52. The van der Waals surface area contributed by atoms with Crippen LogP contribution in [0.3, 0.4) is 0 Å². The Morgan fingerprint density at radius 2 is 1.89 bits per heavy atom. The molecule has 4 rings (SSSR count). The molecule has 0 saturated carbocycles. The summed E-state index contributed by atoms with van der Waals surface area (Å²) in [5.74, 6) is 1.04. The van der Waals surface area contributed by atoms with Crippen LogP contribution in [0.25, 0.3) is 11.1 Å². The monoisotopic (exact) mass is 473 g/mol. The van der Waals surface area contributed by atoms with Gasteiger partial charge in [0, 0.05) is 25.1 Å². The summed E-state index contributed by atoms with van der Waals surface area (Å²) in [6.45, 7) is 7.05. The van der Waals surface area contributed by atoms with Crippen molar-refractivity contribution in [1.82, 2.24) is 5.32 Å². The maximum atomic E-state index is 12.9. The topological polar surface area (TPSA) is 91.2 Å². The molecule has 0 spiro atoms. The number of ether oxygens (including phenoxy) is 1. The Labute approximate surface area is 208 Å². The molecule has 0 radical (unpaired) electrons. The fourth-order valence-electron chi connectivity index (χ4n) is 5.06. The van der Waals surface area contributed by atoms with Gasteiger partial charge in [-0.05, 0) is 65.3 Å². The Balaban J connectivity index is 1.39. The van der Waals surface area contributed by atoms with Gasteiger partial charge in [0.2, 0.25) is 11.8 Å². The van der Waals surface area contributed by atoms with Gasteiger partial charge in [0.15, 0.2) is 0 Å². The summed E-state index contributed by atoms with van der Waals surface area (Å²) in [5.41, 5.74) is 5.07. The largest absolute Gasteiger partial charge is 0.368 e. The highest BCUT2D eigenvalue weighted by molar-refractivity contribution is 5.95. The van der Waals surface area contributed by atoms with Crippen LogP contribution in [-0.4, -0.2) is 30.6 Å². The molecule has 2 amide bonds. The van der Waals surface area contributed by atoms with E-state index >= 15 is 0 Å². The van der Waals surface area contributed by atoms with Gasteiger partial charge in [-0.25, -0.2) is 0 Å². The molecule has 5 atom stereocenters. The van der Waals surface area contributed by atoms with Gasteiger partial charge in [0.05, 0.1) is 6.07 Å². The zero-order valence-corrected chi connectivity index (χ0v) is 20.8. The molecule has 2 heterocycles. The van der Waals surface area contributed by atoms with Crippen molar-refractivity contribution >= 4 is 17.5 Å². The molecule has 0 aliphatic carbocycles. The molecule has 35 heavy (non-hydrogen) atoms. The van der Waals surface area contributed by atoms with Crippen molar-refractivity contribution in [2.45, 2.75) is 70.9 Å². The number of hydrogen-bond donors (Lipinski definition) is 2. The molecule has 4 unspecified atom stereocenters. The number of nitrogens with one attached hydrogen (secondary N) is 2. The number of fused-ring (bicyclic) bond motifs is 1. The number of nitriles is 1. The van der Waals surface area contributed by atoms with E-state index < -0.39 is 12.1 Å². The van der Waals surface area contributed by atoms with E-state index in [1.807, 2.05) is 30.3 Å². The maximum absolute atomic E-state index is 12.9.